The first kappa shape index (κ1) is 14.9. The molecule has 1 N–H and O–H groups in total. The van der Waals surface area contributed by atoms with Crippen LogP contribution in [0, 0.1) is 0 Å². The fraction of sp³-hybridized carbons (Fsp3) is 0.389. The Kier molecular flexibility index (Phi) is 3.80. The fourth-order valence-electron chi connectivity index (χ4n) is 3.13. The van der Waals surface area contributed by atoms with Gasteiger partial charge in [-0.25, -0.2) is 0 Å². The van der Waals surface area contributed by atoms with Crippen LogP contribution in [0.25, 0.3) is 0 Å². The average Bonchev–Trinajstić information content (AvgIpc) is 3.14. The number of aromatic nitrogens is 1. The molecule has 0 unspecified atom stereocenters. The van der Waals surface area contributed by atoms with E-state index in [0.717, 1.165) is 30.7 Å². The Balaban J connectivity index is 1.47. The number of nitrogens with zero attached hydrogens (tertiary/aromatic N) is 2. The van der Waals surface area contributed by atoms with E-state index >= 15 is 0 Å². The molecular formula is C18H19N3O3. The van der Waals surface area contributed by atoms with E-state index in [1.807, 2.05) is 30.3 Å². The number of hydrogen-bond acceptors (Lipinski definition) is 4. The number of carbonyl (C=O) groups is 2. The molecule has 2 aliphatic rings. The number of rotatable bonds is 4. The van der Waals surface area contributed by atoms with E-state index in [-0.39, 0.29) is 11.8 Å². The van der Waals surface area contributed by atoms with Crippen LogP contribution >= 0.6 is 0 Å². The highest BCUT2D eigenvalue weighted by molar-refractivity contribution is 6.00. The lowest BCUT2D eigenvalue weighted by atomic mass is 10.2. The molecule has 1 aliphatic carbocycles. The minimum atomic E-state index is -0.459. The third kappa shape index (κ3) is 2.91. The van der Waals surface area contributed by atoms with Crippen LogP contribution in [0.3, 0.4) is 0 Å². The van der Waals surface area contributed by atoms with E-state index in [0.29, 0.717) is 24.6 Å². The Labute approximate surface area is 139 Å². The highest BCUT2D eigenvalue weighted by Gasteiger charge is 2.36. The van der Waals surface area contributed by atoms with E-state index < -0.39 is 6.04 Å². The second-order valence-electron chi connectivity index (χ2n) is 6.40. The zero-order valence-corrected chi connectivity index (χ0v) is 13.3. The van der Waals surface area contributed by atoms with Crippen molar-refractivity contribution in [2.75, 3.05) is 11.9 Å². The van der Waals surface area contributed by atoms with E-state index in [2.05, 4.69) is 10.5 Å². The van der Waals surface area contributed by atoms with Crippen molar-refractivity contribution in [3.05, 3.63) is 47.9 Å². The van der Waals surface area contributed by atoms with Crippen LogP contribution in [0.15, 0.2) is 40.9 Å². The van der Waals surface area contributed by atoms with Gasteiger partial charge in [-0.2, -0.15) is 0 Å². The van der Waals surface area contributed by atoms with Gasteiger partial charge >= 0.3 is 0 Å². The molecule has 1 saturated heterocycles. The monoisotopic (exact) mass is 325 g/mol. The topological polar surface area (TPSA) is 75.4 Å². The number of amides is 2. The van der Waals surface area contributed by atoms with E-state index in [1.54, 1.807) is 11.0 Å². The Morgan fingerprint density at radius 1 is 1.17 bits per heavy atom. The molecule has 1 aliphatic heterocycles. The number of likely N-dealkylation sites (tertiary alicyclic amines) is 1. The van der Waals surface area contributed by atoms with Crippen LogP contribution in [-0.4, -0.2) is 34.5 Å². The second-order valence-corrected chi connectivity index (χ2v) is 6.40. The lowest BCUT2D eigenvalue weighted by Crippen LogP contribution is -2.43. The Morgan fingerprint density at radius 2 is 1.96 bits per heavy atom. The highest BCUT2D eigenvalue weighted by Crippen LogP contribution is 2.40. The molecule has 2 aromatic rings. The van der Waals surface area contributed by atoms with Crippen molar-refractivity contribution >= 4 is 17.5 Å². The summed E-state index contributed by atoms with van der Waals surface area (Å²) in [4.78, 5) is 26.8. The normalized spacial score (nSPS) is 20.2. The van der Waals surface area contributed by atoms with Crippen LogP contribution in [0.1, 0.15) is 47.8 Å². The fourth-order valence-corrected chi connectivity index (χ4v) is 3.13. The first-order chi connectivity index (χ1) is 11.7. The van der Waals surface area contributed by atoms with E-state index in [9.17, 15) is 9.59 Å². The van der Waals surface area contributed by atoms with Crippen LogP contribution in [-0.2, 0) is 4.79 Å². The molecule has 24 heavy (non-hydrogen) atoms. The minimum Gasteiger partial charge on any atom is -0.360 e. The van der Waals surface area contributed by atoms with Gasteiger partial charge in [0.15, 0.2) is 5.69 Å². The zero-order chi connectivity index (χ0) is 16.5. The molecule has 2 amide bonds. The molecule has 124 valence electrons. The van der Waals surface area contributed by atoms with Gasteiger partial charge in [0, 0.05) is 24.2 Å². The van der Waals surface area contributed by atoms with Crippen LogP contribution in [0.2, 0.25) is 0 Å². The lowest BCUT2D eigenvalue weighted by molar-refractivity contribution is -0.119. The van der Waals surface area contributed by atoms with Gasteiger partial charge in [0.2, 0.25) is 5.91 Å². The van der Waals surface area contributed by atoms with Crippen molar-refractivity contribution in [3.63, 3.8) is 0 Å². The third-order valence-corrected chi connectivity index (χ3v) is 4.58. The van der Waals surface area contributed by atoms with Gasteiger partial charge in [0.05, 0.1) is 0 Å². The molecule has 1 atom stereocenters. The lowest BCUT2D eigenvalue weighted by Gasteiger charge is -2.22. The molecule has 6 nitrogen and oxygen atoms in total. The first-order valence-corrected chi connectivity index (χ1v) is 8.36. The van der Waals surface area contributed by atoms with Gasteiger partial charge in [-0.05, 0) is 37.8 Å². The zero-order valence-electron chi connectivity index (χ0n) is 13.3. The first-order valence-electron chi connectivity index (χ1n) is 8.36. The van der Waals surface area contributed by atoms with Gasteiger partial charge in [0.1, 0.15) is 11.8 Å². The van der Waals surface area contributed by atoms with E-state index in [4.69, 9.17) is 4.52 Å². The third-order valence-electron chi connectivity index (χ3n) is 4.58. The van der Waals surface area contributed by atoms with Gasteiger partial charge in [0.25, 0.3) is 5.91 Å². The number of carbonyl (C=O) groups excluding carboxylic acids is 2. The number of benzene rings is 1. The quantitative estimate of drug-likeness (QED) is 0.938. The summed E-state index contributed by atoms with van der Waals surface area (Å²) in [6.07, 6.45) is 3.66. The molecule has 0 spiro atoms. The summed E-state index contributed by atoms with van der Waals surface area (Å²) >= 11 is 0. The Bertz CT molecular complexity index is 752. The Morgan fingerprint density at radius 3 is 2.71 bits per heavy atom. The molecule has 2 heterocycles. The van der Waals surface area contributed by atoms with Gasteiger partial charge in [-0.15, -0.1) is 0 Å². The van der Waals surface area contributed by atoms with Crippen LogP contribution < -0.4 is 5.32 Å². The maximum absolute atomic E-state index is 12.7. The summed E-state index contributed by atoms with van der Waals surface area (Å²) in [7, 11) is 0. The predicted molar refractivity (Wildman–Crippen MR) is 87.6 cm³/mol. The summed E-state index contributed by atoms with van der Waals surface area (Å²) in [6.45, 7) is 0.567. The summed E-state index contributed by atoms with van der Waals surface area (Å²) in [5.74, 6) is 0.812. The second kappa shape index (κ2) is 6.11. The van der Waals surface area contributed by atoms with E-state index in [1.165, 1.54) is 0 Å². The van der Waals surface area contributed by atoms with Crippen LogP contribution in [0.4, 0.5) is 5.69 Å². The SMILES string of the molecule is O=C(Nc1ccccc1)[C@H]1CCCN1C(=O)c1cc(C2CC2)on1. The molecule has 1 aromatic heterocycles. The largest absolute Gasteiger partial charge is 0.360 e. The van der Waals surface area contributed by atoms with Crippen LogP contribution in [0.5, 0.6) is 0 Å². The number of hydrogen-bond donors (Lipinski definition) is 1. The maximum atomic E-state index is 12.7. The molecular weight excluding hydrogens is 306 g/mol. The van der Waals surface area contributed by atoms with Crippen molar-refractivity contribution < 1.29 is 14.1 Å². The number of nitrogens with one attached hydrogen (secondary N) is 1. The maximum Gasteiger partial charge on any atom is 0.276 e. The molecule has 0 radical (unpaired) electrons. The standard InChI is InChI=1S/C18H19N3O3/c22-17(19-13-5-2-1-3-6-13)15-7-4-10-21(15)18(23)14-11-16(24-20-14)12-8-9-12/h1-3,5-6,11-12,15H,4,7-10H2,(H,19,22)/t15-/m1/s1. The summed E-state index contributed by atoms with van der Waals surface area (Å²) in [5, 5.41) is 6.78. The van der Waals surface area contributed by atoms with Crippen molar-refractivity contribution in [1.29, 1.82) is 0 Å². The average molecular weight is 325 g/mol. The molecule has 1 saturated carbocycles. The molecule has 1 aromatic carbocycles. The van der Waals surface area contributed by atoms with Crippen molar-refractivity contribution in [3.8, 4) is 0 Å². The summed E-state index contributed by atoms with van der Waals surface area (Å²) in [6, 6.07) is 10.5. The summed E-state index contributed by atoms with van der Waals surface area (Å²) in [5.41, 5.74) is 1.04. The Hall–Kier alpha value is -2.63. The molecule has 0 bridgehead atoms. The smallest absolute Gasteiger partial charge is 0.276 e. The molecule has 2 fully saturated rings. The van der Waals surface area contributed by atoms with Crippen molar-refractivity contribution in [1.82, 2.24) is 10.1 Å². The highest BCUT2D eigenvalue weighted by atomic mass is 16.5. The molecule has 6 heteroatoms. The summed E-state index contributed by atoms with van der Waals surface area (Å²) < 4.78 is 5.26. The van der Waals surface area contributed by atoms with Crippen molar-refractivity contribution in [2.24, 2.45) is 0 Å². The van der Waals surface area contributed by atoms with Gasteiger partial charge < -0.3 is 14.7 Å². The number of anilines is 1. The van der Waals surface area contributed by atoms with Gasteiger partial charge in [-0.3, -0.25) is 9.59 Å². The van der Waals surface area contributed by atoms with Crippen molar-refractivity contribution in [2.45, 2.75) is 37.6 Å². The molecule has 4 rings (SSSR count). The minimum absolute atomic E-state index is 0.155. The predicted octanol–water partition coefficient (Wildman–Crippen LogP) is 2.80. The van der Waals surface area contributed by atoms with Gasteiger partial charge in [-0.1, -0.05) is 23.4 Å². The number of para-hydroxylation sites is 1.